The molecule has 20 heavy (non-hydrogen) atoms. The highest BCUT2D eigenvalue weighted by Gasteiger charge is 1.99. The molecule has 0 radical (unpaired) electrons. The lowest BCUT2D eigenvalue weighted by molar-refractivity contribution is 0.0144. The molecular weight excluding hydrogens is 254 g/mol. The monoisotopic (exact) mass is 289 g/mol. The highest BCUT2D eigenvalue weighted by atomic mass is 16.5. The van der Waals surface area contributed by atoms with Gasteiger partial charge in [0.25, 0.3) is 0 Å². The highest BCUT2D eigenvalue weighted by Crippen LogP contribution is 1.98. The van der Waals surface area contributed by atoms with Gasteiger partial charge in [0.1, 0.15) is 0 Å². The van der Waals surface area contributed by atoms with Crippen LogP contribution in [-0.2, 0) is 14.2 Å². The first-order valence-corrected chi connectivity index (χ1v) is 8.27. The summed E-state index contributed by atoms with van der Waals surface area (Å²) in [6.45, 7) is 11.8. The van der Waals surface area contributed by atoms with Crippen molar-refractivity contribution in [2.45, 2.75) is 58.9 Å². The summed E-state index contributed by atoms with van der Waals surface area (Å²) in [5, 5.41) is 3.46. The molecule has 1 N–H and O–H groups in total. The Morgan fingerprint density at radius 3 is 1.90 bits per heavy atom. The molecule has 0 heterocycles. The zero-order valence-electron chi connectivity index (χ0n) is 13.8. The summed E-state index contributed by atoms with van der Waals surface area (Å²) in [4.78, 5) is 0. The maximum Gasteiger partial charge on any atom is 0.0701 e. The topological polar surface area (TPSA) is 39.7 Å². The molecule has 0 aromatic rings. The molecule has 122 valence electrons. The Balaban J connectivity index is 3.02. The Hall–Kier alpha value is -0.160. The number of nitrogens with one attached hydrogen (secondary N) is 1. The summed E-state index contributed by atoms with van der Waals surface area (Å²) in [5.74, 6) is 0. The largest absolute Gasteiger partial charge is 0.379 e. The number of rotatable bonds is 16. The molecule has 0 amide bonds. The first-order valence-electron chi connectivity index (χ1n) is 8.27. The SMILES string of the molecule is CCCCOCCOCCOCCNC(C)CCCC. The van der Waals surface area contributed by atoms with Crippen molar-refractivity contribution in [1.82, 2.24) is 5.32 Å². The molecule has 0 saturated heterocycles. The van der Waals surface area contributed by atoms with E-state index >= 15 is 0 Å². The zero-order chi connectivity index (χ0) is 14.9. The van der Waals surface area contributed by atoms with Gasteiger partial charge in [-0.3, -0.25) is 0 Å². The summed E-state index contributed by atoms with van der Waals surface area (Å²) in [6, 6.07) is 0.593. The molecular formula is C16H35NO3. The van der Waals surface area contributed by atoms with E-state index in [1.807, 2.05) is 0 Å². The molecule has 0 aliphatic heterocycles. The van der Waals surface area contributed by atoms with Crippen molar-refractivity contribution in [2.24, 2.45) is 0 Å². The maximum atomic E-state index is 5.51. The second-order valence-electron chi connectivity index (χ2n) is 5.19. The Kier molecular flexibility index (Phi) is 16.8. The minimum atomic E-state index is 0.593. The lowest BCUT2D eigenvalue weighted by atomic mass is 10.1. The van der Waals surface area contributed by atoms with Crippen molar-refractivity contribution in [3.8, 4) is 0 Å². The second kappa shape index (κ2) is 16.9. The summed E-state index contributed by atoms with van der Waals surface area (Å²) in [5.41, 5.74) is 0. The second-order valence-corrected chi connectivity index (χ2v) is 5.19. The van der Waals surface area contributed by atoms with Crippen molar-refractivity contribution in [1.29, 1.82) is 0 Å². The fourth-order valence-electron chi connectivity index (χ4n) is 1.78. The molecule has 1 atom stereocenters. The Morgan fingerprint density at radius 2 is 1.30 bits per heavy atom. The zero-order valence-corrected chi connectivity index (χ0v) is 13.8. The molecule has 1 unspecified atom stereocenters. The Labute approximate surface area is 125 Å². The molecule has 4 nitrogen and oxygen atoms in total. The van der Waals surface area contributed by atoms with Crippen molar-refractivity contribution >= 4 is 0 Å². The molecule has 0 fully saturated rings. The highest BCUT2D eigenvalue weighted by molar-refractivity contribution is 4.59. The average Bonchev–Trinajstić information content (AvgIpc) is 2.46. The molecule has 4 heteroatoms. The third kappa shape index (κ3) is 15.9. The first kappa shape index (κ1) is 19.8. The van der Waals surface area contributed by atoms with Gasteiger partial charge >= 0.3 is 0 Å². The van der Waals surface area contributed by atoms with Crippen molar-refractivity contribution < 1.29 is 14.2 Å². The molecule has 0 aliphatic carbocycles. The number of unbranched alkanes of at least 4 members (excludes halogenated alkanes) is 2. The predicted molar refractivity (Wildman–Crippen MR) is 84.4 cm³/mol. The minimum absolute atomic E-state index is 0.593. The van der Waals surface area contributed by atoms with Gasteiger partial charge in [0.15, 0.2) is 0 Å². The Morgan fingerprint density at radius 1 is 0.750 bits per heavy atom. The minimum Gasteiger partial charge on any atom is -0.379 e. The lowest BCUT2D eigenvalue weighted by Crippen LogP contribution is -2.29. The summed E-state index contributed by atoms with van der Waals surface area (Å²) < 4.78 is 16.3. The van der Waals surface area contributed by atoms with Crippen LogP contribution < -0.4 is 5.32 Å². The third-order valence-electron chi connectivity index (χ3n) is 3.12. The fraction of sp³-hybridized carbons (Fsp3) is 1.00. The van der Waals surface area contributed by atoms with Crippen LogP contribution in [-0.4, -0.2) is 52.2 Å². The van der Waals surface area contributed by atoms with E-state index in [4.69, 9.17) is 14.2 Å². The third-order valence-corrected chi connectivity index (χ3v) is 3.12. The van der Waals surface area contributed by atoms with Gasteiger partial charge in [0.05, 0.1) is 33.0 Å². The average molecular weight is 289 g/mol. The molecule has 0 saturated carbocycles. The van der Waals surface area contributed by atoms with E-state index in [-0.39, 0.29) is 0 Å². The number of hydrogen-bond acceptors (Lipinski definition) is 4. The van der Waals surface area contributed by atoms with Gasteiger partial charge in [0, 0.05) is 19.2 Å². The van der Waals surface area contributed by atoms with Gasteiger partial charge in [-0.15, -0.1) is 0 Å². The molecule has 0 aromatic heterocycles. The maximum absolute atomic E-state index is 5.51. The van der Waals surface area contributed by atoms with Crippen LogP contribution in [0.5, 0.6) is 0 Å². The summed E-state index contributed by atoms with van der Waals surface area (Å²) >= 11 is 0. The van der Waals surface area contributed by atoms with Gasteiger partial charge in [-0.1, -0.05) is 33.1 Å². The van der Waals surface area contributed by atoms with E-state index in [0.29, 0.717) is 32.5 Å². The molecule has 0 spiro atoms. The first-order chi connectivity index (χ1) is 9.81. The van der Waals surface area contributed by atoms with Crippen LogP contribution in [0.1, 0.15) is 52.9 Å². The van der Waals surface area contributed by atoms with Gasteiger partial charge in [-0.2, -0.15) is 0 Å². The van der Waals surface area contributed by atoms with Crippen LogP contribution in [0.15, 0.2) is 0 Å². The smallest absolute Gasteiger partial charge is 0.0701 e. The van der Waals surface area contributed by atoms with Crippen molar-refractivity contribution in [2.75, 3.05) is 46.2 Å². The van der Waals surface area contributed by atoms with Crippen LogP contribution in [0, 0.1) is 0 Å². The van der Waals surface area contributed by atoms with Gasteiger partial charge in [-0.25, -0.2) is 0 Å². The van der Waals surface area contributed by atoms with E-state index < -0.39 is 0 Å². The van der Waals surface area contributed by atoms with Crippen molar-refractivity contribution in [3.63, 3.8) is 0 Å². The number of ether oxygens (including phenoxy) is 3. The van der Waals surface area contributed by atoms with Crippen LogP contribution in [0.3, 0.4) is 0 Å². The van der Waals surface area contributed by atoms with Crippen LogP contribution >= 0.6 is 0 Å². The van der Waals surface area contributed by atoms with Crippen LogP contribution in [0.4, 0.5) is 0 Å². The van der Waals surface area contributed by atoms with Gasteiger partial charge < -0.3 is 19.5 Å². The molecule has 0 bridgehead atoms. The van der Waals surface area contributed by atoms with Gasteiger partial charge in [0.2, 0.25) is 0 Å². The summed E-state index contributed by atoms with van der Waals surface area (Å²) in [6.07, 6.45) is 6.12. The standard InChI is InChI=1S/C16H35NO3/c1-4-6-8-16(3)17-9-11-19-13-15-20-14-12-18-10-7-5-2/h16-17H,4-15H2,1-3H3. The van der Waals surface area contributed by atoms with E-state index in [1.54, 1.807) is 0 Å². The van der Waals surface area contributed by atoms with E-state index in [1.165, 1.54) is 25.7 Å². The molecule has 0 aromatic carbocycles. The van der Waals surface area contributed by atoms with Crippen LogP contribution in [0.2, 0.25) is 0 Å². The number of hydrogen-bond donors (Lipinski definition) is 1. The lowest BCUT2D eigenvalue weighted by Gasteiger charge is -2.13. The normalized spacial score (nSPS) is 12.8. The summed E-state index contributed by atoms with van der Waals surface area (Å²) in [7, 11) is 0. The van der Waals surface area contributed by atoms with E-state index in [0.717, 1.165) is 26.2 Å². The Bertz CT molecular complexity index is 179. The molecule has 0 aliphatic rings. The van der Waals surface area contributed by atoms with Crippen molar-refractivity contribution in [3.05, 3.63) is 0 Å². The van der Waals surface area contributed by atoms with E-state index in [9.17, 15) is 0 Å². The predicted octanol–water partition coefficient (Wildman–Crippen LogP) is 3.00. The van der Waals surface area contributed by atoms with Gasteiger partial charge in [-0.05, 0) is 19.8 Å². The fourth-order valence-corrected chi connectivity index (χ4v) is 1.78. The van der Waals surface area contributed by atoms with Crippen LogP contribution in [0.25, 0.3) is 0 Å². The van der Waals surface area contributed by atoms with E-state index in [2.05, 4.69) is 26.1 Å². The molecule has 0 rings (SSSR count). The quantitative estimate of drug-likeness (QED) is 0.443.